The predicted molar refractivity (Wildman–Crippen MR) is 67.7 cm³/mol. The quantitative estimate of drug-likeness (QED) is 0.533. The molecule has 16 heavy (non-hydrogen) atoms. The largest absolute Gasteiger partial charge is 0.697 e. The Morgan fingerprint density at radius 1 is 0.938 bits per heavy atom. The summed E-state index contributed by atoms with van der Waals surface area (Å²) in [5.41, 5.74) is 0. The molecule has 0 amide bonds. The zero-order valence-electron chi connectivity index (χ0n) is 11.1. The molecule has 0 aromatic heterocycles. The molecule has 2 atom stereocenters. The highest BCUT2D eigenvalue weighted by Gasteiger charge is 2.22. The van der Waals surface area contributed by atoms with Gasteiger partial charge in [0.1, 0.15) is 13.2 Å². The van der Waals surface area contributed by atoms with E-state index in [4.69, 9.17) is 9.05 Å². The van der Waals surface area contributed by atoms with Crippen molar-refractivity contribution in [2.45, 2.75) is 53.4 Å². The van der Waals surface area contributed by atoms with Crippen LogP contribution in [0.4, 0.5) is 0 Å². The van der Waals surface area contributed by atoms with Gasteiger partial charge in [0.05, 0.1) is 0 Å². The van der Waals surface area contributed by atoms with E-state index >= 15 is 0 Å². The Kier molecular flexibility index (Phi) is 10.2. The molecule has 0 saturated heterocycles. The van der Waals surface area contributed by atoms with Gasteiger partial charge in [-0.1, -0.05) is 40.5 Å². The fraction of sp³-hybridized carbons (Fsp3) is 1.00. The molecule has 0 spiro atoms. The number of rotatable bonds is 10. The summed E-state index contributed by atoms with van der Waals surface area (Å²) in [7, 11) is -1.92. The summed E-state index contributed by atoms with van der Waals surface area (Å²) < 4.78 is 21.7. The third kappa shape index (κ3) is 9.26. The van der Waals surface area contributed by atoms with Gasteiger partial charge in [0.15, 0.2) is 0 Å². The van der Waals surface area contributed by atoms with Crippen LogP contribution in [0, 0.1) is 11.8 Å². The van der Waals surface area contributed by atoms with Gasteiger partial charge in [0.25, 0.3) is 0 Å². The minimum atomic E-state index is -1.92. The maximum absolute atomic E-state index is 11.4. The fourth-order valence-corrected chi connectivity index (χ4v) is 2.39. The molecule has 0 aliphatic carbocycles. The molecule has 3 nitrogen and oxygen atoms in total. The average Bonchev–Trinajstić information content (AvgIpc) is 2.24. The van der Waals surface area contributed by atoms with E-state index in [-0.39, 0.29) is 0 Å². The van der Waals surface area contributed by atoms with Crippen molar-refractivity contribution in [3.63, 3.8) is 0 Å². The van der Waals surface area contributed by atoms with Crippen LogP contribution in [0.5, 0.6) is 0 Å². The van der Waals surface area contributed by atoms with E-state index in [1.165, 1.54) is 0 Å². The molecule has 0 N–H and O–H groups in total. The Balaban J connectivity index is 3.51. The Bertz CT molecular complexity index is 167. The first kappa shape index (κ1) is 16.0. The van der Waals surface area contributed by atoms with Crippen molar-refractivity contribution in [3.05, 3.63) is 0 Å². The lowest BCUT2D eigenvalue weighted by Gasteiger charge is -2.05. The van der Waals surface area contributed by atoms with Crippen molar-refractivity contribution in [2.24, 2.45) is 11.8 Å². The monoisotopic (exact) mass is 249 g/mol. The Hall–Kier alpha value is 0.0200. The molecule has 96 valence electrons. The van der Waals surface area contributed by atoms with Crippen molar-refractivity contribution in [3.8, 4) is 0 Å². The molecule has 0 heterocycles. The second-order valence-corrected chi connectivity index (χ2v) is 5.57. The molecule has 0 aromatic carbocycles. The minimum absolute atomic E-state index is 0.459. The van der Waals surface area contributed by atoms with Gasteiger partial charge in [-0.3, -0.25) is 0 Å². The van der Waals surface area contributed by atoms with Gasteiger partial charge >= 0.3 is 8.25 Å². The topological polar surface area (TPSA) is 35.5 Å². The zero-order chi connectivity index (χ0) is 12.4. The van der Waals surface area contributed by atoms with Crippen LogP contribution >= 0.6 is 8.25 Å². The van der Waals surface area contributed by atoms with E-state index in [9.17, 15) is 4.57 Å². The molecule has 0 bridgehead atoms. The van der Waals surface area contributed by atoms with Crippen LogP contribution in [0.25, 0.3) is 0 Å². The molecule has 0 rings (SSSR count). The first-order valence-electron chi connectivity index (χ1n) is 6.33. The third-order valence-corrected chi connectivity index (χ3v) is 3.21. The predicted octanol–water partition coefficient (Wildman–Crippen LogP) is 4.55. The standard InChI is InChI=1S/C12H26O3P/c1-5-7-11(3)9-14-16(13)15-10-12(4)8-6-2/h11-12H,5-10H2,1-4H3/q+1. The van der Waals surface area contributed by atoms with E-state index in [1.807, 2.05) is 0 Å². The lowest BCUT2D eigenvalue weighted by molar-refractivity contribution is 0.179. The first-order valence-corrected chi connectivity index (χ1v) is 7.42. The highest BCUT2D eigenvalue weighted by Crippen LogP contribution is 2.26. The molecule has 0 aromatic rings. The van der Waals surface area contributed by atoms with E-state index in [0.29, 0.717) is 25.0 Å². The lowest BCUT2D eigenvalue weighted by atomic mass is 10.1. The van der Waals surface area contributed by atoms with Crippen LogP contribution in [-0.4, -0.2) is 13.2 Å². The summed E-state index contributed by atoms with van der Waals surface area (Å²) in [4.78, 5) is 0. The highest BCUT2D eigenvalue weighted by atomic mass is 31.1. The summed E-state index contributed by atoms with van der Waals surface area (Å²) in [6.07, 6.45) is 4.48. The van der Waals surface area contributed by atoms with Crippen LogP contribution in [0.2, 0.25) is 0 Å². The van der Waals surface area contributed by atoms with E-state index in [0.717, 1.165) is 25.7 Å². The molecule has 0 saturated carbocycles. The highest BCUT2D eigenvalue weighted by molar-refractivity contribution is 7.33. The number of hydrogen-bond donors (Lipinski definition) is 0. The van der Waals surface area contributed by atoms with E-state index < -0.39 is 8.25 Å². The Labute approximate surface area is 101 Å². The second kappa shape index (κ2) is 10.2. The van der Waals surface area contributed by atoms with Gasteiger partial charge in [0.2, 0.25) is 0 Å². The Morgan fingerprint density at radius 2 is 1.31 bits per heavy atom. The van der Waals surface area contributed by atoms with E-state index in [2.05, 4.69) is 27.7 Å². The molecular formula is C12H26O3P+. The van der Waals surface area contributed by atoms with Gasteiger partial charge in [0, 0.05) is 4.57 Å². The number of hydrogen-bond acceptors (Lipinski definition) is 3. The Morgan fingerprint density at radius 3 is 1.62 bits per heavy atom. The maximum atomic E-state index is 11.4. The second-order valence-electron chi connectivity index (χ2n) is 4.60. The van der Waals surface area contributed by atoms with Gasteiger partial charge in [-0.25, -0.2) is 0 Å². The summed E-state index contributed by atoms with van der Waals surface area (Å²) >= 11 is 0. The van der Waals surface area contributed by atoms with Crippen LogP contribution in [-0.2, 0) is 13.6 Å². The minimum Gasteiger partial charge on any atom is -0.119 e. The van der Waals surface area contributed by atoms with Crippen LogP contribution in [0.1, 0.15) is 53.4 Å². The van der Waals surface area contributed by atoms with Crippen LogP contribution in [0.15, 0.2) is 0 Å². The zero-order valence-corrected chi connectivity index (χ0v) is 12.0. The van der Waals surface area contributed by atoms with Crippen molar-refractivity contribution in [1.29, 1.82) is 0 Å². The van der Waals surface area contributed by atoms with Crippen LogP contribution < -0.4 is 0 Å². The van der Waals surface area contributed by atoms with Crippen molar-refractivity contribution in [1.82, 2.24) is 0 Å². The summed E-state index contributed by atoms with van der Waals surface area (Å²) in [6.45, 7) is 9.55. The lowest BCUT2D eigenvalue weighted by Crippen LogP contribution is -2.05. The smallest absolute Gasteiger partial charge is 0.119 e. The third-order valence-electron chi connectivity index (χ3n) is 2.49. The van der Waals surface area contributed by atoms with E-state index in [1.54, 1.807) is 0 Å². The first-order chi connectivity index (χ1) is 7.60. The van der Waals surface area contributed by atoms with Crippen molar-refractivity contribution in [2.75, 3.05) is 13.2 Å². The van der Waals surface area contributed by atoms with Crippen LogP contribution in [0.3, 0.4) is 0 Å². The summed E-state index contributed by atoms with van der Waals surface area (Å²) in [6, 6.07) is 0. The average molecular weight is 249 g/mol. The van der Waals surface area contributed by atoms with Crippen molar-refractivity contribution >= 4 is 8.25 Å². The van der Waals surface area contributed by atoms with Crippen molar-refractivity contribution < 1.29 is 13.6 Å². The molecule has 0 radical (unpaired) electrons. The van der Waals surface area contributed by atoms with Gasteiger partial charge in [-0.15, -0.1) is 9.05 Å². The molecule has 0 aliphatic rings. The molecule has 0 fully saturated rings. The molecule has 2 unspecified atom stereocenters. The van der Waals surface area contributed by atoms with Gasteiger partial charge < -0.3 is 0 Å². The molecule has 0 aliphatic heterocycles. The van der Waals surface area contributed by atoms with Gasteiger partial charge in [-0.05, 0) is 24.7 Å². The molecule has 4 heteroatoms. The molecular weight excluding hydrogens is 223 g/mol. The normalized spacial score (nSPS) is 15.9. The maximum Gasteiger partial charge on any atom is 0.697 e. The summed E-state index contributed by atoms with van der Waals surface area (Å²) in [5, 5.41) is 0. The van der Waals surface area contributed by atoms with Gasteiger partial charge in [-0.2, -0.15) is 0 Å². The SMILES string of the molecule is CCCC(C)CO[P+](=O)OCC(C)CCC. The fourth-order valence-electron chi connectivity index (χ4n) is 1.57. The summed E-state index contributed by atoms with van der Waals surface area (Å²) in [5.74, 6) is 0.918.